The first-order chi connectivity index (χ1) is 8.52. The van der Waals surface area contributed by atoms with E-state index in [9.17, 15) is 9.59 Å². The van der Waals surface area contributed by atoms with Crippen LogP contribution in [0.5, 0.6) is 0 Å². The van der Waals surface area contributed by atoms with Crippen LogP contribution in [0.2, 0.25) is 0 Å². The van der Waals surface area contributed by atoms with Crippen molar-refractivity contribution in [1.82, 2.24) is 4.98 Å². The number of anilines is 1. The van der Waals surface area contributed by atoms with Gasteiger partial charge in [-0.2, -0.15) is 0 Å². The molecule has 0 saturated carbocycles. The minimum absolute atomic E-state index is 0.125. The quantitative estimate of drug-likeness (QED) is 0.785. The topological polar surface area (TPSA) is 88.5 Å². The van der Waals surface area contributed by atoms with E-state index in [0.717, 1.165) is 5.69 Å². The lowest BCUT2D eigenvalue weighted by molar-refractivity contribution is -0.137. The third kappa shape index (κ3) is 4.80. The van der Waals surface area contributed by atoms with Crippen LogP contribution in [0.25, 0.3) is 0 Å². The largest absolute Gasteiger partial charge is 0.481 e. The summed E-state index contributed by atoms with van der Waals surface area (Å²) in [7, 11) is 1.46. The Morgan fingerprint density at radius 1 is 1.61 bits per heavy atom. The van der Waals surface area contributed by atoms with Crippen molar-refractivity contribution in [3.05, 3.63) is 11.1 Å². The predicted octanol–water partition coefficient (Wildman–Crippen LogP) is 1.52. The fourth-order valence-electron chi connectivity index (χ4n) is 1.21. The maximum absolute atomic E-state index is 11.5. The molecule has 0 saturated heterocycles. The fraction of sp³-hybridized carbons (Fsp3) is 0.545. The molecule has 1 heterocycles. The number of methoxy groups -OCH3 is 1. The molecule has 0 radical (unpaired) electrons. The molecule has 7 heteroatoms. The van der Waals surface area contributed by atoms with Gasteiger partial charge < -0.3 is 9.84 Å². The zero-order valence-corrected chi connectivity index (χ0v) is 11.1. The smallest absolute Gasteiger partial charge is 0.303 e. The monoisotopic (exact) mass is 272 g/mol. The molecule has 0 spiro atoms. The molecule has 6 nitrogen and oxygen atoms in total. The lowest BCUT2D eigenvalue weighted by Gasteiger charge is -2.07. The second-order valence-electron chi connectivity index (χ2n) is 3.76. The molecule has 1 aromatic rings. The Bertz CT molecular complexity index is 419. The van der Waals surface area contributed by atoms with Crippen LogP contribution < -0.4 is 5.32 Å². The summed E-state index contributed by atoms with van der Waals surface area (Å²) in [4.78, 5) is 26.1. The van der Waals surface area contributed by atoms with E-state index in [1.807, 2.05) is 5.38 Å². The van der Waals surface area contributed by atoms with Crippen LogP contribution in [-0.2, 0) is 20.7 Å². The summed E-state index contributed by atoms with van der Waals surface area (Å²) in [5.74, 6) is -1.06. The summed E-state index contributed by atoms with van der Waals surface area (Å²) in [6, 6.07) is 0. The van der Waals surface area contributed by atoms with E-state index in [1.165, 1.54) is 18.4 Å². The van der Waals surface area contributed by atoms with E-state index in [1.54, 1.807) is 6.92 Å². The van der Waals surface area contributed by atoms with Gasteiger partial charge in [0.15, 0.2) is 5.13 Å². The van der Waals surface area contributed by atoms with Crippen molar-refractivity contribution in [2.75, 3.05) is 12.4 Å². The number of amides is 1. The Morgan fingerprint density at radius 3 is 2.94 bits per heavy atom. The van der Waals surface area contributed by atoms with E-state index in [0.29, 0.717) is 18.0 Å². The van der Waals surface area contributed by atoms with Gasteiger partial charge >= 0.3 is 5.97 Å². The molecule has 0 aliphatic rings. The Balaban J connectivity index is 2.43. The summed E-state index contributed by atoms with van der Waals surface area (Å²) < 4.78 is 4.88. The van der Waals surface area contributed by atoms with Crippen molar-refractivity contribution in [2.24, 2.45) is 0 Å². The zero-order valence-electron chi connectivity index (χ0n) is 10.3. The minimum Gasteiger partial charge on any atom is -0.481 e. The SMILES string of the molecule is COC(C)C(=O)Nc1nc(CCCC(=O)O)cs1. The summed E-state index contributed by atoms with van der Waals surface area (Å²) in [5.41, 5.74) is 0.793. The molecule has 1 aromatic heterocycles. The van der Waals surface area contributed by atoms with Crippen molar-refractivity contribution in [3.63, 3.8) is 0 Å². The van der Waals surface area contributed by atoms with E-state index in [-0.39, 0.29) is 12.3 Å². The average Bonchev–Trinajstić information content (AvgIpc) is 2.75. The molecule has 0 aromatic carbocycles. The van der Waals surface area contributed by atoms with Crippen LogP contribution in [0, 0.1) is 0 Å². The summed E-state index contributed by atoms with van der Waals surface area (Å²) in [6.45, 7) is 1.65. The van der Waals surface area contributed by atoms with E-state index in [2.05, 4.69) is 10.3 Å². The number of carbonyl (C=O) groups excluding carboxylic acids is 1. The van der Waals surface area contributed by atoms with Crippen molar-refractivity contribution in [2.45, 2.75) is 32.3 Å². The molecule has 0 aliphatic heterocycles. The highest BCUT2D eigenvalue weighted by Gasteiger charge is 2.13. The number of rotatable bonds is 7. The van der Waals surface area contributed by atoms with Crippen LogP contribution in [0.4, 0.5) is 5.13 Å². The van der Waals surface area contributed by atoms with Gasteiger partial charge in [0.05, 0.1) is 5.69 Å². The molecule has 18 heavy (non-hydrogen) atoms. The van der Waals surface area contributed by atoms with Crippen molar-refractivity contribution in [1.29, 1.82) is 0 Å². The minimum atomic E-state index is -0.812. The molecule has 1 amide bonds. The second kappa shape index (κ2) is 7.07. The predicted molar refractivity (Wildman–Crippen MR) is 67.8 cm³/mol. The molecule has 0 bridgehead atoms. The van der Waals surface area contributed by atoms with Gasteiger partial charge in [0, 0.05) is 18.9 Å². The van der Waals surface area contributed by atoms with Crippen molar-refractivity contribution >= 4 is 28.3 Å². The zero-order chi connectivity index (χ0) is 13.5. The van der Waals surface area contributed by atoms with E-state index in [4.69, 9.17) is 9.84 Å². The van der Waals surface area contributed by atoms with Crippen molar-refractivity contribution < 1.29 is 19.4 Å². The first-order valence-corrected chi connectivity index (χ1v) is 6.40. The molecule has 2 N–H and O–H groups in total. The normalized spacial score (nSPS) is 12.1. The van der Waals surface area contributed by atoms with Gasteiger partial charge in [0.2, 0.25) is 0 Å². The highest BCUT2D eigenvalue weighted by Crippen LogP contribution is 2.17. The van der Waals surface area contributed by atoms with E-state index < -0.39 is 12.1 Å². The van der Waals surface area contributed by atoms with Gasteiger partial charge in [0.1, 0.15) is 6.10 Å². The van der Waals surface area contributed by atoms with Gasteiger partial charge in [-0.15, -0.1) is 11.3 Å². The van der Waals surface area contributed by atoms with Crippen LogP contribution >= 0.6 is 11.3 Å². The Hall–Kier alpha value is -1.47. The lowest BCUT2D eigenvalue weighted by Crippen LogP contribution is -2.26. The van der Waals surface area contributed by atoms with E-state index >= 15 is 0 Å². The number of nitrogens with zero attached hydrogens (tertiary/aromatic N) is 1. The highest BCUT2D eigenvalue weighted by molar-refractivity contribution is 7.13. The third-order valence-corrected chi connectivity index (χ3v) is 3.13. The number of ether oxygens (including phenoxy) is 1. The number of hydrogen-bond donors (Lipinski definition) is 2. The van der Waals surface area contributed by atoms with Gasteiger partial charge in [-0.05, 0) is 19.8 Å². The average molecular weight is 272 g/mol. The van der Waals surface area contributed by atoms with Gasteiger partial charge in [-0.1, -0.05) is 0 Å². The number of hydrogen-bond acceptors (Lipinski definition) is 5. The number of aromatic nitrogens is 1. The number of carbonyl (C=O) groups is 2. The molecule has 0 fully saturated rings. The fourth-order valence-corrected chi connectivity index (χ4v) is 1.96. The number of nitrogens with one attached hydrogen (secondary N) is 1. The van der Waals surface area contributed by atoms with Gasteiger partial charge in [0.25, 0.3) is 5.91 Å². The Labute approximate surface area is 109 Å². The lowest BCUT2D eigenvalue weighted by atomic mass is 10.2. The molecule has 100 valence electrons. The van der Waals surface area contributed by atoms with Gasteiger partial charge in [-0.3, -0.25) is 14.9 Å². The molecular formula is C11H16N2O4S. The number of carboxylic acid groups (broad SMARTS) is 1. The number of aliphatic carboxylic acids is 1. The molecular weight excluding hydrogens is 256 g/mol. The number of thiazole rings is 1. The van der Waals surface area contributed by atoms with Crippen LogP contribution in [0.1, 0.15) is 25.5 Å². The maximum atomic E-state index is 11.5. The molecule has 1 unspecified atom stereocenters. The number of aryl methyl sites for hydroxylation is 1. The highest BCUT2D eigenvalue weighted by atomic mass is 32.1. The van der Waals surface area contributed by atoms with Crippen molar-refractivity contribution in [3.8, 4) is 0 Å². The molecule has 1 rings (SSSR count). The Kier molecular flexibility index (Phi) is 5.73. The molecule has 0 aliphatic carbocycles. The summed E-state index contributed by atoms with van der Waals surface area (Å²) in [6.07, 6.45) is 0.740. The number of carboxylic acids is 1. The summed E-state index contributed by atoms with van der Waals surface area (Å²) >= 11 is 1.32. The first-order valence-electron chi connectivity index (χ1n) is 5.52. The Morgan fingerprint density at radius 2 is 2.33 bits per heavy atom. The standard InChI is InChI=1S/C11H16N2O4S/c1-7(17-2)10(16)13-11-12-8(6-18-11)4-3-5-9(14)15/h6-7H,3-5H2,1-2H3,(H,14,15)(H,12,13,16). The molecule has 1 atom stereocenters. The van der Waals surface area contributed by atoms with Crippen LogP contribution in [0.15, 0.2) is 5.38 Å². The second-order valence-corrected chi connectivity index (χ2v) is 4.62. The summed E-state index contributed by atoms with van der Waals surface area (Å²) in [5, 5.41) is 13.5. The maximum Gasteiger partial charge on any atom is 0.303 e. The van der Waals surface area contributed by atoms with Gasteiger partial charge in [-0.25, -0.2) is 4.98 Å². The first kappa shape index (κ1) is 14.6. The third-order valence-electron chi connectivity index (χ3n) is 2.33. The van der Waals surface area contributed by atoms with Crippen LogP contribution in [0.3, 0.4) is 0 Å². The van der Waals surface area contributed by atoms with Crippen LogP contribution in [-0.4, -0.2) is 35.2 Å².